The highest BCUT2D eigenvalue weighted by Crippen LogP contribution is 2.35. The van der Waals surface area contributed by atoms with E-state index in [4.69, 9.17) is 39.2 Å². The summed E-state index contributed by atoms with van der Waals surface area (Å²) in [5.41, 5.74) is 1.29. The van der Waals surface area contributed by atoms with Crippen LogP contribution in [-0.2, 0) is 34.0 Å². The molecule has 0 bridgehead atoms. The van der Waals surface area contributed by atoms with Crippen molar-refractivity contribution in [1.29, 1.82) is 0 Å². The fourth-order valence-corrected chi connectivity index (χ4v) is 6.43. The molecule has 0 saturated carbocycles. The van der Waals surface area contributed by atoms with Gasteiger partial charge in [0.15, 0.2) is 0 Å². The van der Waals surface area contributed by atoms with E-state index in [2.05, 4.69) is 5.32 Å². The molecular weight excluding hydrogens is 599 g/mol. The number of benzene rings is 1. The van der Waals surface area contributed by atoms with Gasteiger partial charge >= 0.3 is 5.97 Å². The number of nitrogens with zero attached hydrogens (tertiary/aromatic N) is 1. The number of furan rings is 1. The average molecular weight is 620 g/mol. The Bertz CT molecular complexity index is 1530. The smallest absolute Gasteiger partial charge is 0.326 e. The van der Waals surface area contributed by atoms with Crippen LogP contribution in [0.1, 0.15) is 43.3 Å². The van der Waals surface area contributed by atoms with Gasteiger partial charge in [0.05, 0.1) is 24.8 Å². The van der Waals surface area contributed by atoms with Gasteiger partial charge in [-0.25, -0.2) is 13.2 Å². The molecule has 0 spiro atoms. The normalized spacial score (nSPS) is 14.2. The van der Waals surface area contributed by atoms with Crippen LogP contribution in [0.25, 0.3) is 0 Å². The number of nitrogens with one attached hydrogen (secondary N) is 1. The first-order valence-corrected chi connectivity index (χ1v) is 15.1. The Morgan fingerprint density at radius 2 is 1.92 bits per heavy atom. The quantitative estimate of drug-likeness (QED) is 0.373. The Morgan fingerprint density at radius 1 is 1.18 bits per heavy atom. The molecule has 14 heteroatoms. The van der Waals surface area contributed by atoms with Gasteiger partial charge < -0.3 is 19.7 Å². The maximum Gasteiger partial charge on any atom is 0.326 e. The zero-order valence-electron chi connectivity index (χ0n) is 19.8. The molecule has 0 fully saturated rings. The topological polar surface area (TPSA) is 134 Å². The van der Waals surface area contributed by atoms with E-state index in [1.807, 2.05) is 0 Å². The number of aliphatic carboxylic acids is 1. The fourth-order valence-electron chi connectivity index (χ4n) is 4.08. The lowest BCUT2D eigenvalue weighted by Gasteiger charge is -2.30. The molecule has 38 heavy (non-hydrogen) atoms. The number of halogens is 3. The predicted octanol–water partition coefficient (Wildman–Crippen LogP) is 4.72. The minimum absolute atomic E-state index is 0.0210. The SMILES string of the molecule is CS(=O)(=O)c1ccc(CC[C@H](NC(=O)c2c(Cl)cc3c(c2Cl)CCN(C(=O)c2ccc(Cl)s2)C3)C(=O)O)o1. The van der Waals surface area contributed by atoms with Crippen LogP contribution in [-0.4, -0.2) is 55.1 Å². The first kappa shape index (κ1) is 28.4. The zero-order chi connectivity index (χ0) is 27.8. The highest BCUT2D eigenvalue weighted by atomic mass is 35.5. The van der Waals surface area contributed by atoms with Gasteiger partial charge in [-0.1, -0.05) is 34.8 Å². The minimum atomic E-state index is -3.54. The molecule has 202 valence electrons. The summed E-state index contributed by atoms with van der Waals surface area (Å²) >= 11 is 20.1. The minimum Gasteiger partial charge on any atom is -0.480 e. The van der Waals surface area contributed by atoms with Crippen molar-refractivity contribution in [2.75, 3.05) is 12.8 Å². The highest BCUT2D eigenvalue weighted by molar-refractivity contribution is 7.90. The lowest BCUT2D eigenvalue weighted by atomic mass is 9.96. The lowest BCUT2D eigenvalue weighted by Crippen LogP contribution is -2.41. The number of carbonyl (C=O) groups excluding carboxylic acids is 2. The zero-order valence-corrected chi connectivity index (χ0v) is 23.7. The number of carbonyl (C=O) groups is 3. The summed E-state index contributed by atoms with van der Waals surface area (Å²) in [6, 6.07) is 6.29. The molecule has 3 aromatic rings. The molecule has 1 aliphatic heterocycles. The van der Waals surface area contributed by atoms with E-state index >= 15 is 0 Å². The van der Waals surface area contributed by atoms with Crippen molar-refractivity contribution in [2.45, 2.75) is 36.9 Å². The second-order valence-corrected chi connectivity index (χ2v) is 13.1. The van der Waals surface area contributed by atoms with Crippen LogP contribution in [0, 0.1) is 0 Å². The van der Waals surface area contributed by atoms with Gasteiger partial charge in [0.25, 0.3) is 11.8 Å². The number of carboxylic acids is 1. The van der Waals surface area contributed by atoms with Crippen molar-refractivity contribution in [3.63, 3.8) is 0 Å². The number of hydrogen-bond donors (Lipinski definition) is 2. The molecule has 2 aromatic heterocycles. The summed E-state index contributed by atoms with van der Waals surface area (Å²) in [6.45, 7) is 0.599. The molecule has 2 amide bonds. The second kappa shape index (κ2) is 11.3. The molecule has 0 aliphatic carbocycles. The van der Waals surface area contributed by atoms with Crippen molar-refractivity contribution in [3.05, 3.63) is 72.0 Å². The lowest BCUT2D eigenvalue weighted by molar-refractivity contribution is -0.139. The van der Waals surface area contributed by atoms with E-state index in [0.717, 1.165) is 6.26 Å². The Morgan fingerprint density at radius 3 is 2.53 bits per heavy atom. The molecule has 3 heterocycles. The molecule has 0 unspecified atom stereocenters. The molecule has 1 atom stereocenters. The molecule has 2 N–H and O–H groups in total. The number of hydrogen-bond acceptors (Lipinski definition) is 7. The molecule has 1 aliphatic rings. The maximum absolute atomic E-state index is 13.1. The third-order valence-electron chi connectivity index (χ3n) is 5.99. The Balaban J connectivity index is 1.48. The monoisotopic (exact) mass is 618 g/mol. The Kier molecular flexibility index (Phi) is 8.43. The molecule has 0 saturated heterocycles. The molecular formula is C24H21Cl3N2O7S2. The van der Waals surface area contributed by atoms with Gasteiger partial charge in [-0.2, -0.15) is 0 Å². The van der Waals surface area contributed by atoms with Gasteiger partial charge in [0.1, 0.15) is 11.8 Å². The summed E-state index contributed by atoms with van der Waals surface area (Å²) in [5.74, 6) is -1.97. The van der Waals surface area contributed by atoms with Crippen molar-refractivity contribution in [3.8, 4) is 0 Å². The third kappa shape index (κ3) is 6.18. The number of fused-ring (bicyclic) bond motifs is 1. The first-order chi connectivity index (χ1) is 17.8. The number of aryl methyl sites for hydroxylation is 1. The van der Waals surface area contributed by atoms with Crippen LogP contribution in [0.3, 0.4) is 0 Å². The number of thiophene rings is 1. The third-order valence-corrected chi connectivity index (χ3v) is 8.87. The van der Waals surface area contributed by atoms with Crippen molar-refractivity contribution in [1.82, 2.24) is 10.2 Å². The largest absolute Gasteiger partial charge is 0.480 e. The Hall–Kier alpha value is -2.57. The Labute approximate surface area is 237 Å². The summed E-state index contributed by atoms with van der Waals surface area (Å²) in [7, 11) is -3.54. The summed E-state index contributed by atoms with van der Waals surface area (Å²) in [4.78, 5) is 39.9. The van der Waals surface area contributed by atoms with Gasteiger partial charge in [0, 0.05) is 25.8 Å². The van der Waals surface area contributed by atoms with Gasteiger partial charge in [-0.3, -0.25) is 9.59 Å². The predicted molar refractivity (Wildman–Crippen MR) is 143 cm³/mol. The molecule has 9 nitrogen and oxygen atoms in total. The van der Waals surface area contributed by atoms with E-state index in [1.54, 1.807) is 23.1 Å². The van der Waals surface area contributed by atoms with Gasteiger partial charge in [-0.05, 0) is 54.3 Å². The summed E-state index contributed by atoms with van der Waals surface area (Å²) in [6.07, 6.45) is 1.37. The van der Waals surface area contributed by atoms with E-state index in [0.29, 0.717) is 33.3 Å². The highest BCUT2D eigenvalue weighted by Gasteiger charge is 2.30. The molecule has 4 rings (SSSR count). The second-order valence-electron chi connectivity index (χ2n) is 8.66. The van der Waals surface area contributed by atoms with Crippen LogP contribution in [0.5, 0.6) is 0 Å². The first-order valence-electron chi connectivity index (χ1n) is 11.2. The fraction of sp³-hybridized carbons (Fsp3) is 0.292. The van der Waals surface area contributed by atoms with Crippen LogP contribution >= 0.6 is 46.1 Å². The number of sulfone groups is 1. The van der Waals surface area contributed by atoms with Crippen molar-refractivity contribution >= 4 is 73.8 Å². The van der Waals surface area contributed by atoms with Crippen molar-refractivity contribution in [2.24, 2.45) is 0 Å². The van der Waals surface area contributed by atoms with Crippen LogP contribution < -0.4 is 5.32 Å². The number of rotatable bonds is 8. The van der Waals surface area contributed by atoms with E-state index < -0.39 is 27.8 Å². The van der Waals surface area contributed by atoms with Crippen LogP contribution in [0.15, 0.2) is 39.8 Å². The maximum atomic E-state index is 13.1. The number of carboxylic acid groups (broad SMARTS) is 1. The molecule has 1 aromatic carbocycles. The van der Waals surface area contributed by atoms with E-state index in [9.17, 15) is 27.9 Å². The van der Waals surface area contributed by atoms with Crippen LogP contribution in [0.4, 0.5) is 0 Å². The van der Waals surface area contributed by atoms with Crippen molar-refractivity contribution < 1.29 is 32.3 Å². The van der Waals surface area contributed by atoms with E-state index in [1.165, 1.54) is 23.5 Å². The average Bonchev–Trinajstić information content (AvgIpc) is 3.50. The standard InChI is InChI=1S/C24H21Cl3N2O7S2/c1-38(34,35)19-7-3-13(36-19)2-4-16(24(32)33)28-22(30)20-15(25)10-12-11-29(9-8-14(12)21(20)27)23(31)17-5-6-18(26)37-17/h3,5-7,10,16H,2,4,8-9,11H2,1H3,(H,28,30)(H,32,33)/t16-/m0/s1. The molecule has 0 radical (unpaired) electrons. The van der Waals surface area contributed by atoms with Crippen LogP contribution in [0.2, 0.25) is 14.4 Å². The summed E-state index contributed by atoms with van der Waals surface area (Å²) < 4.78 is 28.9. The van der Waals surface area contributed by atoms with E-state index in [-0.39, 0.29) is 51.8 Å². The summed E-state index contributed by atoms with van der Waals surface area (Å²) in [5, 5.41) is 12.0. The van der Waals surface area contributed by atoms with Gasteiger partial charge in [-0.15, -0.1) is 11.3 Å². The number of amides is 2. The van der Waals surface area contributed by atoms with Gasteiger partial charge in [0.2, 0.25) is 14.9 Å².